The van der Waals surface area contributed by atoms with Crippen molar-refractivity contribution in [2.75, 3.05) is 0 Å². The Morgan fingerprint density at radius 2 is 2.40 bits per heavy atom. The molecular formula is C12H16N2O. The SMILES string of the molecule is CCC(C)C1=C(c2nnco2)C=CCC1. The van der Waals surface area contributed by atoms with Crippen molar-refractivity contribution < 1.29 is 4.42 Å². The van der Waals surface area contributed by atoms with Crippen molar-refractivity contribution >= 4 is 5.57 Å². The molecule has 1 unspecified atom stereocenters. The van der Waals surface area contributed by atoms with Crippen LogP contribution in [0.4, 0.5) is 0 Å². The summed E-state index contributed by atoms with van der Waals surface area (Å²) in [5, 5.41) is 7.71. The van der Waals surface area contributed by atoms with Crippen LogP contribution in [0.1, 0.15) is 39.0 Å². The Morgan fingerprint density at radius 1 is 1.53 bits per heavy atom. The van der Waals surface area contributed by atoms with Crippen molar-refractivity contribution in [3.8, 4) is 0 Å². The summed E-state index contributed by atoms with van der Waals surface area (Å²) in [6.07, 6.45) is 9.06. The first-order chi connectivity index (χ1) is 7.33. The molecule has 0 aromatic carbocycles. The lowest BCUT2D eigenvalue weighted by atomic mass is 9.87. The molecule has 1 atom stereocenters. The second kappa shape index (κ2) is 4.43. The summed E-state index contributed by atoms with van der Waals surface area (Å²) in [7, 11) is 0. The van der Waals surface area contributed by atoms with Gasteiger partial charge in [-0.05, 0) is 25.2 Å². The summed E-state index contributed by atoms with van der Waals surface area (Å²) in [4.78, 5) is 0. The van der Waals surface area contributed by atoms with Gasteiger partial charge in [-0.25, -0.2) is 0 Å². The van der Waals surface area contributed by atoms with Crippen LogP contribution in [0.15, 0.2) is 28.5 Å². The molecular weight excluding hydrogens is 188 g/mol. The van der Waals surface area contributed by atoms with Gasteiger partial charge in [-0.1, -0.05) is 31.6 Å². The average Bonchev–Trinajstić information content (AvgIpc) is 2.81. The van der Waals surface area contributed by atoms with Crippen LogP contribution in [0, 0.1) is 5.92 Å². The number of nitrogens with zero attached hydrogens (tertiary/aromatic N) is 2. The fourth-order valence-corrected chi connectivity index (χ4v) is 1.94. The van der Waals surface area contributed by atoms with Crippen LogP contribution >= 0.6 is 0 Å². The maximum atomic E-state index is 5.27. The molecule has 0 N–H and O–H groups in total. The Morgan fingerprint density at radius 3 is 3.07 bits per heavy atom. The van der Waals surface area contributed by atoms with Gasteiger partial charge in [-0.3, -0.25) is 0 Å². The molecule has 0 saturated heterocycles. The fraction of sp³-hybridized carbons (Fsp3) is 0.500. The molecule has 0 aliphatic heterocycles. The van der Waals surface area contributed by atoms with Crippen LogP contribution in [-0.2, 0) is 0 Å². The van der Waals surface area contributed by atoms with Gasteiger partial charge < -0.3 is 4.42 Å². The van der Waals surface area contributed by atoms with E-state index in [9.17, 15) is 0 Å². The number of aromatic nitrogens is 2. The monoisotopic (exact) mass is 204 g/mol. The second-order valence-electron chi connectivity index (χ2n) is 3.93. The maximum absolute atomic E-state index is 5.27. The van der Waals surface area contributed by atoms with E-state index in [0.717, 1.165) is 24.8 Å². The molecule has 3 nitrogen and oxygen atoms in total. The van der Waals surface area contributed by atoms with E-state index < -0.39 is 0 Å². The normalized spacial score (nSPS) is 18.3. The third-order valence-electron chi connectivity index (χ3n) is 3.01. The zero-order valence-corrected chi connectivity index (χ0v) is 9.23. The average molecular weight is 204 g/mol. The van der Waals surface area contributed by atoms with Crippen LogP contribution in [0.5, 0.6) is 0 Å². The first-order valence-corrected chi connectivity index (χ1v) is 5.49. The molecule has 0 radical (unpaired) electrons. The summed E-state index contributed by atoms with van der Waals surface area (Å²) in [5.74, 6) is 1.25. The molecule has 0 amide bonds. The van der Waals surface area contributed by atoms with Crippen LogP contribution in [0.2, 0.25) is 0 Å². The topological polar surface area (TPSA) is 38.9 Å². The highest BCUT2D eigenvalue weighted by molar-refractivity contribution is 5.72. The highest BCUT2D eigenvalue weighted by Gasteiger charge is 2.17. The Labute approximate surface area is 89.9 Å². The highest BCUT2D eigenvalue weighted by Crippen LogP contribution is 2.32. The second-order valence-corrected chi connectivity index (χ2v) is 3.93. The molecule has 0 bridgehead atoms. The lowest BCUT2D eigenvalue weighted by molar-refractivity contribution is 0.534. The molecule has 3 heteroatoms. The molecule has 0 spiro atoms. The molecule has 2 rings (SSSR count). The molecule has 0 saturated carbocycles. The predicted octanol–water partition coefficient (Wildman–Crippen LogP) is 3.22. The van der Waals surface area contributed by atoms with E-state index in [0.29, 0.717) is 11.8 Å². The lowest BCUT2D eigenvalue weighted by Crippen LogP contribution is -2.04. The van der Waals surface area contributed by atoms with E-state index in [-0.39, 0.29) is 0 Å². The number of allylic oxidation sites excluding steroid dienone is 4. The van der Waals surface area contributed by atoms with Crippen molar-refractivity contribution in [2.24, 2.45) is 5.92 Å². The Balaban J connectivity index is 2.39. The van der Waals surface area contributed by atoms with Gasteiger partial charge in [0.2, 0.25) is 12.3 Å². The van der Waals surface area contributed by atoms with Crippen molar-refractivity contribution in [3.05, 3.63) is 30.0 Å². The van der Waals surface area contributed by atoms with Gasteiger partial charge in [-0.2, -0.15) is 0 Å². The molecule has 80 valence electrons. The summed E-state index contributed by atoms with van der Waals surface area (Å²) in [6, 6.07) is 0. The van der Waals surface area contributed by atoms with Crippen molar-refractivity contribution in [1.29, 1.82) is 0 Å². The Hall–Kier alpha value is -1.38. The van der Waals surface area contributed by atoms with Crippen LogP contribution in [0.3, 0.4) is 0 Å². The van der Waals surface area contributed by atoms with E-state index in [2.05, 4.69) is 36.2 Å². The van der Waals surface area contributed by atoms with E-state index in [1.54, 1.807) is 0 Å². The van der Waals surface area contributed by atoms with Gasteiger partial charge in [0, 0.05) is 5.57 Å². The van der Waals surface area contributed by atoms with Crippen LogP contribution < -0.4 is 0 Å². The van der Waals surface area contributed by atoms with E-state index in [4.69, 9.17) is 4.42 Å². The third kappa shape index (κ3) is 2.01. The van der Waals surface area contributed by atoms with Gasteiger partial charge in [0.15, 0.2) is 0 Å². The quantitative estimate of drug-likeness (QED) is 0.758. The van der Waals surface area contributed by atoms with Gasteiger partial charge >= 0.3 is 0 Å². The van der Waals surface area contributed by atoms with E-state index >= 15 is 0 Å². The van der Waals surface area contributed by atoms with Crippen molar-refractivity contribution in [3.63, 3.8) is 0 Å². The minimum atomic E-state index is 0.594. The summed E-state index contributed by atoms with van der Waals surface area (Å²) in [6.45, 7) is 4.46. The molecule has 1 aromatic heterocycles. The standard InChI is InChI=1S/C12H16N2O/c1-3-9(2)10-6-4-5-7-11(10)12-14-13-8-15-12/h5,7-9H,3-4,6H2,1-2H3. The van der Waals surface area contributed by atoms with Crippen LogP contribution in [-0.4, -0.2) is 10.2 Å². The Kier molecular flexibility index (Phi) is 2.99. The molecule has 1 aliphatic rings. The largest absolute Gasteiger partial charge is 0.423 e. The zero-order chi connectivity index (χ0) is 10.7. The van der Waals surface area contributed by atoms with E-state index in [1.165, 1.54) is 12.0 Å². The van der Waals surface area contributed by atoms with Crippen molar-refractivity contribution in [2.45, 2.75) is 33.1 Å². The van der Waals surface area contributed by atoms with Crippen LogP contribution in [0.25, 0.3) is 5.57 Å². The fourth-order valence-electron chi connectivity index (χ4n) is 1.94. The van der Waals surface area contributed by atoms with E-state index in [1.807, 2.05) is 0 Å². The number of hydrogen-bond donors (Lipinski definition) is 0. The number of rotatable bonds is 3. The molecule has 1 aromatic rings. The molecule has 15 heavy (non-hydrogen) atoms. The van der Waals surface area contributed by atoms with Gasteiger partial charge in [0.05, 0.1) is 0 Å². The summed E-state index contributed by atoms with van der Waals surface area (Å²) in [5.41, 5.74) is 2.58. The first kappa shape index (κ1) is 10.1. The predicted molar refractivity (Wildman–Crippen MR) is 59.0 cm³/mol. The smallest absolute Gasteiger partial charge is 0.247 e. The summed E-state index contributed by atoms with van der Waals surface area (Å²) < 4.78 is 5.27. The maximum Gasteiger partial charge on any atom is 0.247 e. The highest BCUT2D eigenvalue weighted by atomic mass is 16.4. The minimum absolute atomic E-state index is 0.594. The Bertz CT molecular complexity index is 376. The molecule has 1 aliphatic carbocycles. The van der Waals surface area contributed by atoms with Crippen molar-refractivity contribution in [1.82, 2.24) is 10.2 Å². The molecule has 1 heterocycles. The van der Waals surface area contributed by atoms with Gasteiger partial charge in [-0.15, -0.1) is 10.2 Å². The summed E-state index contributed by atoms with van der Waals surface area (Å²) >= 11 is 0. The third-order valence-corrected chi connectivity index (χ3v) is 3.01. The van der Waals surface area contributed by atoms with Gasteiger partial charge in [0.25, 0.3) is 0 Å². The minimum Gasteiger partial charge on any atom is -0.423 e. The lowest BCUT2D eigenvalue weighted by Gasteiger charge is -2.19. The molecule has 0 fully saturated rings. The zero-order valence-electron chi connectivity index (χ0n) is 9.23. The first-order valence-electron chi connectivity index (χ1n) is 5.49. The van der Waals surface area contributed by atoms with Gasteiger partial charge in [0.1, 0.15) is 0 Å². The number of hydrogen-bond acceptors (Lipinski definition) is 3.